The van der Waals surface area contributed by atoms with E-state index in [9.17, 15) is 14.4 Å². The summed E-state index contributed by atoms with van der Waals surface area (Å²) in [6.07, 6.45) is 0. The molecule has 1 aromatic carbocycles. The fourth-order valence-electron chi connectivity index (χ4n) is 1.85. The van der Waals surface area contributed by atoms with Gasteiger partial charge < -0.3 is 15.4 Å². The number of ether oxygens (including phenoxy) is 1. The van der Waals surface area contributed by atoms with Gasteiger partial charge in [0.1, 0.15) is 6.04 Å². The second-order valence-corrected chi connectivity index (χ2v) is 4.26. The zero-order valence-corrected chi connectivity index (χ0v) is 10.9. The summed E-state index contributed by atoms with van der Waals surface area (Å²) >= 11 is 0. The van der Waals surface area contributed by atoms with Crippen molar-refractivity contribution in [1.29, 1.82) is 0 Å². The van der Waals surface area contributed by atoms with Crippen molar-refractivity contribution in [2.24, 2.45) is 0 Å². The number of nitrogens with one attached hydrogen (secondary N) is 3. The number of piperazine rings is 1. The van der Waals surface area contributed by atoms with E-state index in [0.717, 1.165) is 0 Å². The predicted octanol–water partition coefficient (Wildman–Crippen LogP) is -0.500. The third-order valence-corrected chi connectivity index (χ3v) is 2.92. The van der Waals surface area contributed by atoms with Crippen molar-refractivity contribution in [3.05, 3.63) is 29.8 Å². The van der Waals surface area contributed by atoms with Gasteiger partial charge in [-0.3, -0.25) is 14.9 Å². The number of para-hydroxylation sites is 1. The average molecular weight is 277 g/mol. The topological polar surface area (TPSA) is 96.5 Å². The van der Waals surface area contributed by atoms with Crippen LogP contribution < -0.4 is 16.0 Å². The van der Waals surface area contributed by atoms with Crippen LogP contribution in [0.1, 0.15) is 10.4 Å². The summed E-state index contributed by atoms with van der Waals surface area (Å²) in [5, 5.41) is 8.06. The van der Waals surface area contributed by atoms with E-state index >= 15 is 0 Å². The van der Waals surface area contributed by atoms with Gasteiger partial charge in [-0.05, 0) is 12.1 Å². The molecule has 1 aliphatic rings. The Morgan fingerprint density at radius 2 is 2.10 bits per heavy atom. The highest BCUT2D eigenvalue weighted by molar-refractivity contribution is 6.03. The van der Waals surface area contributed by atoms with E-state index < -0.39 is 12.0 Å². The normalized spacial score (nSPS) is 18.1. The molecule has 0 bridgehead atoms. The minimum atomic E-state index is -0.529. The van der Waals surface area contributed by atoms with Gasteiger partial charge >= 0.3 is 5.97 Å². The summed E-state index contributed by atoms with van der Waals surface area (Å²) in [5.74, 6) is -0.990. The number of carbonyl (C=O) groups excluding carboxylic acids is 3. The average Bonchev–Trinajstić information content (AvgIpc) is 2.47. The van der Waals surface area contributed by atoms with E-state index in [-0.39, 0.29) is 30.5 Å². The SMILES string of the molecule is COC(=O)c1ccccc1NC(=O)C1CNC(=O)CN1. The van der Waals surface area contributed by atoms with Crippen LogP contribution in [0.5, 0.6) is 0 Å². The molecule has 7 nitrogen and oxygen atoms in total. The smallest absolute Gasteiger partial charge is 0.339 e. The number of esters is 1. The molecule has 20 heavy (non-hydrogen) atoms. The number of anilines is 1. The number of hydrogen-bond acceptors (Lipinski definition) is 5. The lowest BCUT2D eigenvalue weighted by molar-refractivity contribution is -0.124. The maximum absolute atomic E-state index is 12.1. The van der Waals surface area contributed by atoms with Crippen molar-refractivity contribution in [3.8, 4) is 0 Å². The molecule has 2 rings (SSSR count). The second kappa shape index (κ2) is 6.16. The van der Waals surface area contributed by atoms with Gasteiger partial charge in [0.15, 0.2) is 0 Å². The molecule has 1 fully saturated rings. The summed E-state index contributed by atoms with van der Waals surface area (Å²) in [5.41, 5.74) is 0.659. The van der Waals surface area contributed by atoms with Crippen molar-refractivity contribution >= 4 is 23.5 Å². The van der Waals surface area contributed by atoms with E-state index in [1.54, 1.807) is 24.3 Å². The summed E-state index contributed by atoms with van der Waals surface area (Å²) < 4.78 is 4.66. The molecule has 0 saturated carbocycles. The van der Waals surface area contributed by atoms with Gasteiger partial charge in [0.2, 0.25) is 11.8 Å². The van der Waals surface area contributed by atoms with Crippen LogP contribution in [-0.4, -0.2) is 44.0 Å². The van der Waals surface area contributed by atoms with E-state index in [4.69, 9.17) is 0 Å². The van der Waals surface area contributed by atoms with Crippen molar-refractivity contribution in [3.63, 3.8) is 0 Å². The van der Waals surface area contributed by atoms with Gasteiger partial charge in [-0.15, -0.1) is 0 Å². The predicted molar refractivity (Wildman–Crippen MR) is 71.2 cm³/mol. The third-order valence-electron chi connectivity index (χ3n) is 2.92. The van der Waals surface area contributed by atoms with Crippen LogP contribution in [0.4, 0.5) is 5.69 Å². The van der Waals surface area contributed by atoms with Gasteiger partial charge in [-0.25, -0.2) is 4.79 Å². The van der Waals surface area contributed by atoms with Crippen LogP contribution in [0, 0.1) is 0 Å². The number of amides is 2. The first-order chi connectivity index (χ1) is 9.61. The Morgan fingerprint density at radius 1 is 1.35 bits per heavy atom. The monoisotopic (exact) mass is 277 g/mol. The first-order valence-electron chi connectivity index (χ1n) is 6.10. The van der Waals surface area contributed by atoms with E-state index in [1.165, 1.54) is 7.11 Å². The number of benzene rings is 1. The van der Waals surface area contributed by atoms with E-state index in [2.05, 4.69) is 20.7 Å². The van der Waals surface area contributed by atoms with Gasteiger partial charge in [0.05, 0.1) is 24.9 Å². The third kappa shape index (κ3) is 3.12. The van der Waals surface area contributed by atoms with Crippen molar-refractivity contribution in [2.45, 2.75) is 6.04 Å². The molecule has 0 aromatic heterocycles. The molecule has 0 aliphatic carbocycles. The van der Waals surface area contributed by atoms with Crippen molar-refractivity contribution in [2.75, 3.05) is 25.5 Å². The van der Waals surface area contributed by atoms with Crippen molar-refractivity contribution in [1.82, 2.24) is 10.6 Å². The zero-order chi connectivity index (χ0) is 14.5. The lowest BCUT2D eigenvalue weighted by Crippen LogP contribution is -2.56. The molecule has 1 heterocycles. The van der Waals surface area contributed by atoms with Gasteiger partial charge in [-0.1, -0.05) is 12.1 Å². The Morgan fingerprint density at radius 3 is 2.75 bits per heavy atom. The van der Waals surface area contributed by atoms with Crippen LogP contribution in [0.3, 0.4) is 0 Å². The van der Waals surface area contributed by atoms with Crippen LogP contribution in [0.2, 0.25) is 0 Å². The number of rotatable bonds is 3. The van der Waals surface area contributed by atoms with Crippen LogP contribution in [-0.2, 0) is 14.3 Å². The van der Waals surface area contributed by atoms with E-state index in [1.807, 2.05) is 0 Å². The van der Waals surface area contributed by atoms with Crippen LogP contribution in [0.15, 0.2) is 24.3 Å². The summed E-state index contributed by atoms with van der Waals surface area (Å²) in [6, 6.07) is 6.04. The molecule has 1 atom stereocenters. The summed E-state index contributed by atoms with van der Waals surface area (Å²) in [7, 11) is 1.28. The highest BCUT2D eigenvalue weighted by Gasteiger charge is 2.24. The quantitative estimate of drug-likeness (QED) is 0.647. The van der Waals surface area contributed by atoms with Gasteiger partial charge in [0.25, 0.3) is 0 Å². The first kappa shape index (κ1) is 14.0. The minimum Gasteiger partial charge on any atom is -0.465 e. The van der Waals surface area contributed by atoms with Crippen LogP contribution in [0.25, 0.3) is 0 Å². The molecule has 0 spiro atoms. The largest absolute Gasteiger partial charge is 0.465 e. The lowest BCUT2D eigenvalue weighted by Gasteiger charge is -2.23. The molecular formula is C13H15N3O4. The number of carbonyl (C=O) groups is 3. The molecule has 1 unspecified atom stereocenters. The Labute approximate surface area is 115 Å². The summed E-state index contributed by atoms with van der Waals surface area (Å²) in [4.78, 5) is 34.7. The molecule has 1 saturated heterocycles. The Hall–Kier alpha value is -2.41. The molecule has 106 valence electrons. The molecule has 2 amide bonds. The highest BCUT2D eigenvalue weighted by atomic mass is 16.5. The minimum absolute atomic E-state index is 0.0940. The molecule has 3 N–H and O–H groups in total. The molecule has 1 aliphatic heterocycles. The Kier molecular flexibility index (Phi) is 4.31. The standard InChI is InChI=1S/C13H15N3O4/c1-20-13(19)8-4-2-3-5-9(8)16-12(18)10-6-15-11(17)7-14-10/h2-5,10,14H,6-7H2,1H3,(H,15,17)(H,16,18). The van der Waals surface area contributed by atoms with Gasteiger partial charge in [-0.2, -0.15) is 0 Å². The fraction of sp³-hybridized carbons (Fsp3) is 0.308. The maximum Gasteiger partial charge on any atom is 0.339 e. The number of methoxy groups -OCH3 is 1. The highest BCUT2D eigenvalue weighted by Crippen LogP contribution is 2.16. The van der Waals surface area contributed by atoms with Crippen LogP contribution >= 0.6 is 0 Å². The summed E-state index contributed by atoms with van der Waals surface area (Å²) in [6.45, 7) is 0.307. The molecule has 1 aromatic rings. The first-order valence-corrected chi connectivity index (χ1v) is 6.10. The molecule has 0 radical (unpaired) electrons. The molecule has 7 heteroatoms. The van der Waals surface area contributed by atoms with E-state index in [0.29, 0.717) is 5.69 Å². The Bertz CT molecular complexity index is 534. The maximum atomic E-state index is 12.1. The lowest BCUT2D eigenvalue weighted by atomic mass is 10.1. The fourth-order valence-corrected chi connectivity index (χ4v) is 1.85. The number of hydrogen-bond donors (Lipinski definition) is 3. The van der Waals surface area contributed by atoms with Crippen molar-refractivity contribution < 1.29 is 19.1 Å². The zero-order valence-electron chi connectivity index (χ0n) is 10.9. The molecular weight excluding hydrogens is 262 g/mol. The Balaban J connectivity index is 2.08. The second-order valence-electron chi connectivity index (χ2n) is 4.26. The van der Waals surface area contributed by atoms with Gasteiger partial charge in [0, 0.05) is 6.54 Å².